The van der Waals surface area contributed by atoms with E-state index in [9.17, 15) is 14.5 Å². The third-order valence-electron chi connectivity index (χ3n) is 2.89. The summed E-state index contributed by atoms with van der Waals surface area (Å²) in [6, 6.07) is 4.22. The minimum Gasteiger partial charge on any atom is -0.396 e. The summed E-state index contributed by atoms with van der Waals surface area (Å²) < 4.78 is 13.8. The van der Waals surface area contributed by atoms with Crippen molar-refractivity contribution in [2.45, 2.75) is 25.8 Å². The number of nitro groups is 1. The van der Waals surface area contributed by atoms with Gasteiger partial charge in [0.15, 0.2) is 0 Å². The second kappa shape index (κ2) is 7.81. The Bertz CT molecular complexity index is 426. The van der Waals surface area contributed by atoms with E-state index in [0.717, 1.165) is 25.8 Å². The zero-order chi connectivity index (χ0) is 14.3. The lowest BCUT2D eigenvalue weighted by atomic mass is 10.1. The van der Waals surface area contributed by atoms with Crippen LogP contribution in [-0.4, -0.2) is 35.1 Å². The standard InChI is InChI=1S/C13H19FN2O3/c1-15(8-3-2-4-9-17)10-11-6-5-7-12(13(11)14)16(18)19/h5-7,17H,2-4,8-10H2,1H3. The van der Waals surface area contributed by atoms with Crippen molar-refractivity contribution < 1.29 is 14.4 Å². The van der Waals surface area contributed by atoms with Crippen LogP contribution in [0, 0.1) is 15.9 Å². The van der Waals surface area contributed by atoms with Crippen molar-refractivity contribution in [1.82, 2.24) is 4.90 Å². The first kappa shape index (κ1) is 15.5. The van der Waals surface area contributed by atoms with Crippen LogP contribution in [0.3, 0.4) is 0 Å². The summed E-state index contributed by atoms with van der Waals surface area (Å²) >= 11 is 0. The van der Waals surface area contributed by atoms with Crippen LogP contribution in [0.1, 0.15) is 24.8 Å². The number of nitro benzene ring substituents is 1. The van der Waals surface area contributed by atoms with E-state index in [4.69, 9.17) is 5.11 Å². The van der Waals surface area contributed by atoms with Gasteiger partial charge in [0, 0.05) is 24.8 Å². The summed E-state index contributed by atoms with van der Waals surface area (Å²) in [5.74, 6) is -0.755. The fourth-order valence-electron chi connectivity index (χ4n) is 1.87. The second-order valence-corrected chi connectivity index (χ2v) is 4.53. The van der Waals surface area contributed by atoms with E-state index >= 15 is 0 Å². The number of halogens is 1. The molecule has 0 aliphatic carbocycles. The first-order valence-corrected chi connectivity index (χ1v) is 6.27. The Labute approximate surface area is 111 Å². The highest BCUT2D eigenvalue weighted by molar-refractivity contribution is 5.36. The van der Waals surface area contributed by atoms with Crippen molar-refractivity contribution in [2.75, 3.05) is 20.2 Å². The van der Waals surface area contributed by atoms with Gasteiger partial charge in [0.05, 0.1) is 4.92 Å². The van der Waals surface area contributed by atoms with Gasteiger partial charge in [0.25, 0.3) is 0 Å². The highest BCUT2D eigenvalue weighted by Gasteiger charge is 2.17. The molecule has 0 aliphatic rings. The van der Waals surface area contributed by atoms with Crippen molar-refractivity contribution in [3.63, 3.8) is 0 Å². The van der Waals surface area contributed by atoms with Crippen LogP contribution in [-0.2, 0) is 6.54 Å². The molecular weight excluding hydrogens is 251 g/mol. The lowest BCUT2D eigenvalue weighted by Crippen LogP contribution is -2.20. The van der Waals surface area contributed by atoms with Gasteiger partial charge in [-0.15, -0.1) is 0 Å². The van der Waals surface area contributed by atoms with Gasteiger partial charge in [-0.1, -0.05) is 12.1 Å². The third-order valence-corrected chi connectivity index (χ3v) is 2.89. The topological polar surface area (TPSA) is 66.6 Å². The van der Waals surface area contributed by atoms with Crippen molar-refractivity contribution in [1.29, 1.82) is 0 Å². The van der Waals surface area contributed by atoms with Gasteiger partial charge in [-0.2, -0.15) is 4.39 Å². The molecule has 19 heavy (non-hydrogen) atoms. The van der Waals surface area contributed by atoms with E-state index in [1.165, 1.54) is 12.1 Å². The van der Waals surface area contributed by atoms with Crippen molar-refractivity contribution >= 4 is 5.69 Å². The molecule has 1 aromatic carbocycles. The first-order chi connectivity index (χ1) is 9.06. The number of hydrogen-bond donors (Lipinski definition) is 1. The lowest BCUT2D eigenvalue weighted by Gasteiger charge is -2.16. The molecule has 0 heterocycles. The first-order valence-electron chi connectivity index (χ1n) is 6.27. The molecule has 0 saturated heterocycles. The van der Waals surface area contributed by atoms with Crippen LogP contribution in [0.25, 0.3) is 0 Å². The second-order valence-electron chi connectivity index (χ2n) is 4.53. The van der Waals surface area contributed by atoms with Gasteiger partial charge in [-0.25, -0.2) is 0 Å². The summed E-state index contributed by atoms with van der Waals surface area (Å²) in [5, 5.41) is 19.3. The quantitative estimate of drug-likeness (QED) is 0.447. The summed E-state index contributed by atoms with van der Waals surface area (Å²) in [4.78, 5) is 11.8. The number of aliphatic hydroxyl groups excluding tert-OH is 1. The van der Waals surface area contributed by atoms with Crippen LogP contribution in [0.4, 0.5) is 10.1 Å². The molecule has 5 nitrogen and oxygen atoms in total. The molecule has 6 heteroatoms. The van der Waals surface area contributed by atoms with E-state index in [1.54, 1.807) is 6.07 Å². The number of hydrogen-bond acceptors (Lipinski definition) is 4. The highest BCUT2D eigenvalue weighted by Crippen LogP contribution is 2.21. The summed E-state index contributed by atoms with van der Waals surface area (Å²) in [6.45, 7) is 1.29. The molecule has 0 amide bonds. The van der Waals surface area contributed by atoms with Gasteiger partial charge in [-0.05, 0) is 32.9 Å². The largest absolute Gasteiger partial charge is 0.396 e. The molecular formula is C13H19FN2O3. The summed E-state index contributed by atoms with van der Waals surface area (Å²) in [5.41, 5.74) is -0.148. The molecule has 0 radical (unpaired) electrons. The Morgan fingerprint density at radius 2 is 2.11 bits per heavy atom. The van der Waals surface area contributed by atoms with E-state index in [2.05, 4.69) is 0 Å². The predicted octanol–water partition coefficient (Wildman–Crippen LogP) is 2.33. The number of nitrogens with zero attached hydrogens (tertiary/aromatic N) is 2. The molecule has 0 spiro atoms. The zero-order valence-corrected chi connectivity index (χ0v) is 11.0. The molecule has 0 aromatic heterocycles. The zero-order valence-electron chi connectivity index (χ0n) is 11.0. The van der Waals surface area contributed by atoms with Crippen molar-refractivity contribution in [2.24, 2.45) is 0 Å². The van der Waals surface area contributed by atoms with Crippen molar-refractivity contribution in [3.05, 3.63) is 39.7 Å². The number of unbranched alkanes of at least 4 members (excludes halogenated alkanes) is 2. The van der Waals surface area contributed by atoms with Crippen LogP contribution < -0.4 is 0 Å². The van der Waals surface area contributed by atoms with E-state index in [0.29, 0.717) is 12.1 Å². The predicted molar refractivity (Wildman–Crippen MR) is 70.3 cm³/mol. The van der Waals surface area contributed by atoms with Crippen LogP contribution >= 0.6 is 0 Å². The molecule has 106 valence electrons. The Kier molecular flexibility index (Phi) is 6.38. The fourth-order valence-corrected chi connectivity index (χ4v) is 1.87. The minimum atomic E-state index is -0.755. The molecule has 0 fully saturated rings. The Morgan fingerprint density at radius 1 is 1.37 bits per heavy atom. The molecule has 0 atom stereocenters. The maximum absolute atomic E-state index is 13.8. The Balaban J connectivity index is 2.57. The van der Waals surface area contributed by atoms with Gasteiger partial charge >= 0.3 is 5.69 Å². The SMILES string of the molecule is CN(CCCCCO)Cc1cccc([N+](=O)[O-])c1F. The summed E-state index contributed by atoms with van der Waals surface area (Å²) in [6.07, 6.45) is 2.59. The van der Waals surface area contributed by atoms with Gasteiger partial charge < -0.3 is 10.0 Å². The third kappa shape index (κ3) is 4.92. The normalized spacial score (nSPS) is 10.9. The van der Waals surface area contributed by atoms with Crippen LogP contribution in [0.15, 0.2) is 18.2 Å². The molecule has 1 N–H and O–H groups in total. The van der Waals surface area contributed by atoms with E-state index in [-0.39, 0.29) is 6.61 Å². The molecule has 0 bridgehead atoms. The molecule has 0 aliphatic heterocycles. The van der Waals surface area contributed by atoms with Crippen molar-refractivity contribution in [3.8, 4) is 0 Å². The number of benzene rings is 1. The van der Waals surface area contributed by atoms with Gasteiger partial charge in [0.1, 0.15) is 0 Å². The maximum Gasteiger partial charge on any atom is 0.305 e. The monoisotopic (exact) mass is 270 g/mol. The highest BCUT2D eigenvalue weighted by atomic mass is 19.1. The summed E-state index contributed by atoms with van der Waals surface area (Å²) in [7, 11) is 1.84. The molecule has 0 unspecified atom stereocenters. The molecule has 1 aromatic rings. The number of rotatable bonds is 8. The average Bonchev–Trinajstić information content (AvgIpc) is 2.37. The Morgan fingerprint density at radius 3 is 2.74 bits per heavy atom. The van der Waals surface area contributed by atoms with Gasteiger partial charge in [0.2, 0.25) is 5.82 Å². The van der Waals surface area contributed by atoms with E-state index < -0.39 is 16.4 Å². The van der Waals surface area contributed by atoms with E-state index in [1.807, 2.05) is 11.9 Å². The fraction of sp³-hybridized carbons (Fsp3) is 0.538. The Hall–Kier alpha value is -1.53. The molecule has 0 saturated carbocycles. The average molecular weight is 270 g/mol. The number of aliphatic hydroxyl groups is 1. The smallest absolute Gasteiger partial charge is 0.305 e. The van der Waals surface area contributed by atoms with Gasteiger partial charge in [-0.3, -0.25) is 10.1 Å². The molecule has 1 rings (SSSR count). The maximum atomic E-state index is 13.8. The lowest BCUT2D eigenvalue weighted by molar-refractivity contribution is -0.387. The minimum absolute atomic E-state index is 0.184. The van der Waals surface area contributed by atoms with Crippen LogP contribution in [0.2, 0.25) is 0 Å². The van der Waals surface area contributed by atoms with Crippen LogP contribution in [0.5, 0.6) is 0 Å².